The highest BCUT2D eigenvalue weighted by Crippen LogP contribution is 2.32. The Hall–Kier alpha value is -0.670. The Labute approximate surface area is 115 Å². The van der Waals surface area contributed by atoms with Gasteiger partial charge >= 0.3 is 0 Å². The second-order valence-electron chi connectivity index (χ2n) is 6.01. The maximum absolute atomic E-state index is 12.1. The van der Waals surface area contributed by atoms with E-state index in [1.54, 1.807) is 11.3 Å². The average Bonchev–Trinajstić information content (AvgIpc) is 2.69. The van der Waals surface area contributed by atoms with Gasteiger partial charge < -0.3 is 5.73 Å². The number of thiophene rings is 1. The summed E-state index contributed by atoms with van der Waals surface area (Å²) in [5.74, 6) is 0.798. The number of nitrogens with two attached hydrogens (primary N) is 1. The van der Waals surface area contributed by atoms with Gasteiger partial charge in [-0.3, -0.25) is 4.79 Å². The van der Waals surface area contributed by atoms with Crippen LogP contribution in [0, 0.1) is 18.3 Å². The van der Waals surface area contributed by atoms with Crippen LogP contribution in [0.15, 0.2) is 12.1 Å². The first-order valence-corrected chi connectivity index (χ1v) is 7.46. The van der Waals surface area contributed by atoms with Gasteiger partial charge in [0.05, 0.1) is 4.88 Å². The monoisotopic (exact) mass is 267 g/mol. The number of carbonyl (C=O) groups is 1. The van der Waals surface area contributed by atoms with E-state index in [9.17, 15) is 4.79 Å². The summed E-state index contributed by atoms with van der Waals surface area (Å²) < 4.78 is 0. The van der Waals surface area contributed by atoms with E-state index in [1.165, 1.54) is 4.88 Å². The Morgan fingerprint density at radius 3 is 2.44 bits per heavy atom. The number of ketones is 1. The molecule has 102 valence electrons. The van der Waals surface area contributed by atoms with Crippen LogP contribution in [-0.4, -0.2) is 12.3 Å². The molecule has 0 aliphatic carbocycles. The fraction of sp³-hybridized carbons (Fsp3) is 0.667. The molecule has 1 unspecified atom stereocenters. The third-order valence-corrected chi connectivity index (χ3v) is 4.52. The molecular formula is C15H25NOS. The summed E-state index contributed by atoms with van der Waals surface area (Å²) in [7, 11) is 0. The Morgan fingerprint density at radius 2 is 2.00 bits per heavy atom. The van der Waals surface area contributed by atoms with Gasteiger partial charge in [0, 0.05) is 11.3 Å². The quantitative estimate of drug-likeness (QED) is 0.791. The van der Waals surface area contributed by atoms with Gasteiger partial charge in [0.25, 0.3) is 0 Å². The van der Waals surface area contributed by atoms with Gasteiger partial charge in [-0.2, -0.15) is 0 Å². The molecule has 1 atom stereocenters. The fourth-order valence-electron chi connectivity index (χ4n) is 2.22. The zero-order chi connectivity index (χ0) is 13.8. The maximum Gasteiger partial charge on any atom is 0.172 e. The molecule has 0 fully saturated rings. The van der Waals surface area contributed by atoms with Gasteiger partial charge in [-0.05, 0) is 49.8 Å². The highest BCUT2D eigenvalue weighted by Gasteiger charge is 2.24. The van der Waals surface area contributed by atoms with E-state index in [1.807, 2.05) is 19.1 Å². The van der Waals surface area contributed by atoms with Crippen molar-refractivity contribution in [2.24, 2.45) is 17.1 Å². The van der Waals surface area contributed by atoms with Crippen LogP contribution >= 0.6 is 11.3 Å². The van der Waals surface area contributed by atoms with Crippen molar-refractivity contribution in [1.82, 2.24) is 0 Å². The van der Waals surface area contributed by atoms with E-state index >= 15 is 0 Å². The van der Waals surface area contributed by atoms with Gasteiger partial charge in [-0.15, -0.1) is 11.3 Å². The topological polar surface area (TPSA) is 43.1 Å². The molecule has 1 heterocycles. The van der Waals surface area contributed by atoms with Crippen LogP contribution in [0.4, 0.5) is 0 Å². The molecule has 0 aliphatic rings. The first kappa shape index (κ1) is 15.4. The summed E-state index contributed by atoms with van der Waals surface area (Å²) in [5, 5.41) is 0. The van der Waals surface area contributed by atoms with Crippen molar-refractivity contribution in [2.75, 3.05) is 6.54 Å². The van der Waals surface area contributed by atoms with Crippen molar-refractivity contribution in [3.05, 3.63) is 21.9 Å². The summed E-state index contributed by atoms with van der Waals surface area (Å²) in [6.07, 6.45) is 2.58. The molecule has 0 aliphatic heterocycles. The van der Waals surface area contributed by atoms with Crippen LogP contribution in [-0.2, 0) is 0 Å². The molecule has 18 heavy (non-hydrogen) atoms. The fourth-order valence-corrected chi connectivity index (χ4v) is 3.06. The molecule has 1 rings (SSSR count). The van der Waals surface area contributed by atoms with Gasteiger partial charge in [0.1, 0.15) is 0 Å². The molecule has 1 aromatic heterocycles. The van der Waals surface area contributed by atoms with Crippen LogP contribution in [0.2, 0.25) is 0 Å². The van der Waals surface area contributed by atoms with E-state index in [0.29, 0.717) is 18.9 Å². The molecule has 1 aromatic rings. The lowest BCUT2D eigenvalue weighted by Gasteiger charge is -2.30. The molecule has 2 nitrogen and oxygen atoms in total. The standard InChI is InChI=1S/C15H25NOS/c1-11-5-8-14(18-11)13(17)7-6-12(9-10-16)15(2,3)4/h5,8,12H,6-7,9-10,16H2,1-4H3. The lowest BCUT2D eigenvalue weighted by atomic mass is 9.76. The maximum atomic E-state index is 12.1. The van der Waals surface area contributed by atoms with E-state index in [0.717, 1.165) is 17.7 Å². The second kappa shape index (κ2) is 6.48. The summed E-state index contributed by atoms with van der Waals surface area (Å²) >= 11 is 1.59. The summed E-state index contributed by atoms with van der Waals surface area (Å²) in [4.78, 5) is 14.2. The third kappa shape index (κ3) is 4.54. The van der Waals surface area contributed by atoms with Gasteiger partial charge in [0.15, 0.2) is 5.78 Å². The molecule has 0 spiro atoms. The van der Waals surface area contributed by atoms with Gasteiger partial charge in [0.2, 0.25) is 0 Å². The normalized spacial score (nSPS) is 13.6. The average molecular weight is 267 g/mol. The van der Waals surface area contributed by atoms with E-state index in [4.69, 9.17) is 5.73 Å². The highest BCUT2D eigenvalue weighted by molar-refractivity contribution is 7.14. The number of aryl methyl sites for hydroxylation is 1. The molecule has 0 saturated heterocycles. The molecule has 0 aromatic carbocycles. The van der Waals surface area contributed by atoms with Gasteiger partial charge in [-0.25, -0.2) is 0 Å². The van der Waals surface area contributed by atoms with Crippen molar-refractivity contribution in [1.29, 1.82) is 0 Å². The smallest absolute Gasteiger partial charge is 0.172 e. The number of rotatable bonds is 6. The third-order valence-electron chi connectivity index (χ3n) is 3.47. The second-order valence-corrected chi connectivity index (χ2v) is 7.30. The van der Waals surface area contributed by atoms with Crippen molar-refractivity contribution >= 4 is 17.1 Å². The van der Waals surface area contributed by atoms with Crippen molar-refractivity contribution < 1.29 is 4.79 Å². The summed E-state index contributed by atoms with van der Waals surface area (Å²) in [6.45, 7) is 9.43. The molecule has 0 saturated carbocycles. The van der Waals surface area contributed by atoms with Crippen LogP contribution in [0.3, 0.4) is 0 Å². The number of hydrogen-bond donors (Lipinski definition) is 1. The Balaban J connectivity index is 2.55. The van der Waals surface area contributed by atoms with Crippen molar-refractivity contribution in [3.8, 4) is 0 Å². The molecule has 3 heteroatoms. The predicted molar refractivity (Wildman–Crippen MR) is 79.2 cm³/mol. The van der Waals surface area contributed by atoms with E-state index in [2.05, 4.69) is 20.8 Å². The van der Waals surface area contributed by atoms with Crippen molar-refractivity contribution in [3.63, 3.8) is 0 Å². The number of carbonyl (C=O) groups excluding carboxylic acids is 1. The predicted octanol–water partition coefficient (Wildman–Crippen LogP) is 4.03. The molecule has 0 radical (unpaired) electrons. The highest BCUT2D eigenvalue weighted by atomic mass is 32.1. The Kier molecular flexibility index (Phi) is 5.54. The molecular weight excluding hydrogens is 242 g/mol. The molecule has 0 bridgehead atoms. The van der Waals surface area contributed by atoms with E-state index in [-0.39, 0.29) is 11.2 Å². The summed E-state index contributed by atoms with van der Waals surface area (Å²) in [6, 6.07) is 3.95. The number of Topliss-reactive ketones (excluding diaryl/α,β-unsaturated/α-hetero) is 1. The van der Waals surface area contributed by atoms with Crippen molar-refractivity contribution in [2.45, 2.75) is 47.0 Å². The number of hydrogen-bond acceptors (Lipinski definition) is 3. The molecule has 0 amide bonds. The lowest BCUT2D eigenvalue weighted by Crippen LogP contribution is -2.24. The molecule has 2 N–H and O–H groups in total. The Morgan fingerprint density at radius 1 is 1.33 bits per heavy atom. The van der Waals surface area contributed by atoms with Gasteiger partial charge in [-0.1, -0.05) is 20.8 Å². The zero-order valence-electron chi connectivity index (χ0n) is 12.0. The minimum absolute atomic E-state index is 0.227. The SMILES string of the molecule is Cc1ccc(C(=O)CCC(CCN)C(C)(C)C)s1. The Bertz CT molecular complexity index is 389. The largest absolute Gasteiger partial charge is 0.330 e. The minimum Gasteiger partial charge on any atom is -0.330 e. The van der Waals surface area contributed by atoms with E-state index < -0.39 is 0 Å². The zero-order valence-corrected chi connectivity index (χ0v) is 12.8. The minimum atomic E-state index is 0.227. The van der Waals surface area contributed by atoms with Crippen LogP contribution in [0.1, 0.15) is 54.6 Å². The lowest BCUT2D eigenvalue weighted by molar-refractivity contribution is 0.0961. The van der Waals surface area contributed by atoms with Crippen LogP contribution in [0.25, 0.3) is 0 Å². The van der Waals surface area contributed by atoms with Crippen LogP contribution < -0.4 is 5.73 Å². The first-order valence-electron chi connectivity index (χ1n) is 6.64. The summed E-state index contributed by atoms with van der Waals surface area (Å²) in [5.41, 5.74) is 5.89. The first-order chi connectivity index (χ1) is 8.34. The van der Waals surface area contributed by atoms with Crippen LogP contribution in [0.5, 0.6) is 0 Å².